The lowest BCUT2D eigenvalue weighted by atomic mass is 10.2. The molecule has 144 valence electrons. The molecular weight excluding hydrogens is 367 g/mol. The zero-order valence-corrected chi connectivity index (χ0v) is 15.5. The normalized spacial score (nSPS) is 17.7. The van der Waals surface area contributed by atoms with E-state index in [-0.39, 0.29) is 11.7 Å². The van der Waals surface area contributed by atoms with E-state index in [0.29, 0.717) is 25.1 Å². The van der Waals surface area contributed by atoms with Gasteiger partial charge in [0.25, 0.3) is 0 Å². The molecule has 1 saturated heterocycles. The molecule has 2 rings (SSSR count). The van der Waals surface area contributed by atoms with Crippen LogP contribution in [-0.4, -0.2) is 43.5 Å². The minimum Gasteiger partial charge on any atom is -0.444 e. The molecule has 26 heavy (non-hydrogen) atoms. The lowest BCUT2D eigenvalue weighted by Gasteiger charge is -2.28. The Morgan fingerprint density at radius 3 is 2.38 bits per heavy atom. The SMILES string of the molecule is CC(C)(C)OC(=O)N1CCC[C@H]1C(=O)Nc1ccc(OS(=O)(=O)F)cc1. The number of amides is 2. The number of rotatable bonds is 4. The van der Waals surface area contributed by atoms with Crippen LogP contribution in [0.2, 0.25) is 0 Å². The lowest BCUT2D eigenvalue weighted by Crippen LogP contribution is -2.45. The Hall–Kier alpha value is -2.36. The van der Waals surface area contributed by atoms with Gasteiger partial charge in [-0.15, -0.1) is 0 Å². The summed E-state index contributed by atoms with van der Waals surface area (Å²) in [4.78, 5) is 26.1. The van der Waals surface area contributed by atoms with Crippen LogP contribution in [0.3, 0.4) is 0 Å². The van der Waals surface area contributed by atoms with Gasteiger partial charge < -0.3 is 14.2 Å². The van der Waals surface area contributed by atoms with Crippen molar-refractivity contribution in [2.24, 2.45) is 0 Å². The van der Waals surface area contributed by atoms with Crippen molar-refractivity contribution < 1.29 is 30.8 Å². The highest BCUT2D eigenvalue weighted by Crippen LogP contribution is 2.23. The van der Waals surface area contributed by atoms with Crippen LogP contribution in [0, 0.1) is 0 Å². The minimum atomic E-state index is -5.10. The predicted molar refractivity (Wildman–Crippen MR) is 91.7 cm³/mol. The first kappa shape index (κ1) is 20.0. The maximum Gasteiger partial charge on any atom is 0.488 e. The van der Waals surface area contributed by atoms with Crippen molar-refractivity contribution in [2.45, 2.75) is 45.3 Å². The van der Waals surface area contributed by atoms with E-state index in [2.05, 4.69) is 9.50 Å². The lowest BCUT2D eigenvalue weighted by molar-refractivity contribution is -0.120. The second-order valence-electron chi connectivity index (χ2n) is 6.82. The molecule has 1 N–H and O–H groups in total. The molecule has 1 aromatic rings. The molecule has 1 aliphatic heterocycles. The van der Waals surface area contributed by atoms with Crippen molar-refractivity contribution in [3.8, 4) is 5.75 Å². The fraction of sp³-hybridized carbons (Fsp3) is 0.500. The average Bonchev–Trinajstić information content (AvgIpc) is 2.95. The summed E-state index contributed by atoms with van der Waals surface area (Å²) in [6, 6.07) is 4.48. The molecule has 10 heteroatoms. The summed E-state index contributed by atoms with van der Waals surface area (Å²) in [6.45, 7) is 5.67. The molecule has 0 aromatic heterocycles. The third kappa shape index (κ3) is 5.87. The highest BCUT2D eigenvalue weighted by molar-refractivity contribution is 7.81. The van der Waals surface area contributed by atoms with Gasteiger partial charge in [-0.2, -0.15) is 8.42 Å². The summed E-state index contributed by atoms with van der Waals surface area (Å²) in [5, 5.41) is 2.63. The number of carbonyl (C=O) groups excluding carboxylic acids is 2. The number of halogens is 1. The van der Waals surface area contributed by atoms with Gasteiger partial charge in [0.1, 0.15) is 17.4 Å². The Labute approximate surface area is 151 Å². The topological polar surface area (TPSA) is 102 Å². The molecule has 1 fully saturated rings. The molecule has 0 aliphatic carbocycles. The van der Waals surface area contributed by atoms with Crippen LogP contribution < -0.4 is 9.50 Å². The Kier molecular flexibility index (Phi) is 5.74. The van der Waals surface area contributed by atoms with Gasteiger partial charge in [-0.25, -0.2) is 4.79 Å². The number of anilines is 1. The second-order valence-corrected chi connectivity index (χ2v) is 7.77. The second kappa shape index (κ2) is 7.48. The molecule has 0 saturated carbocycles. The number of nitrogens with zero attached hydrogens (tertiary/aromatic N) is 1. The van der Waals surface area contributed by atoms with Crippen LogP contribution in [0.1, 0.15) is 33.6 Å². The van der Waals surface area contributed by atoms with E-state index in [0.717, 1.165) is 0 Å². The zero-order valence-electron chi connectivity index (χ0n) is 14.7. The van der Waals surface area contributed by atoms with E-state index in [4.69, 9.17) is 4.74 Å². The van der Waals surface area contributed by atoms with Gasteiger partial charge in [-0.05, 0) is 57.9 Å². The van der Waals surface area contributed by atoms with Crippen molar-refractivity contribution in [3.63, 3.8) is 0 Å². The molecule has 8 nitrogen and oxygen atoms in total. The van der Waals surface area contributed by atoms with Crippen molar-refractivity contribution in [3.05, 3.63) is 24.3 Å². The molecule has 0 unspecified atom stereocenters. The van der Waals surface area contributed by atoms with E-state index < -0.39 is 28.2 Å². The molecule has 0 spiro atoms. The summed E-state index contributed by atoms with van der Waals surface area (Å²) >= 11 is 0. The van der Waals surface area contributed by atoms with Gasteiger partial charge in [0.2, 0.25) is 5.91 Å². The van der Waals surface area contributed by atoms with Crippen molar-refractivity contribution in [2.75, 3.05) is 11.9 Å². The number of nitrogens with one attached hydrogen (secondary N) is 1. The van der Waals surface area contributed by atoms with E-state index in [1.165, 1.54) is 29.2 Å². The fourth-order valence-corrected chi connectivity index (χ4v) is 2.85. The molecule has 0 radical (unpaired) electrons. The number of likely N-dealkylation sites (tertiary alicyclic amines) is 1. The van der Waals surface area contributed by atoms with Crippen molar-refractivity contribution >= 4 is 28.2 Å². The van der Waals surface area contributed by atoms with Crippen LogP contribution in [0.5, 0.6) is 5.75 Å². The monoisotopic (exact) mass is 388 g/mol. The Morgan fingerprint density at radius 2 is 1.85 bits per heavy atom. The Balaban J connectivity index is 2.01. The molecule has 2 amide bonds. The number of hydrogen-bond acceptors (Lipinski definition) is 6. The van der Waals surface area contributed by atoms with Crippen LogP contribution in [0.4, 0.5) is 14.4 Å². The van der Waals surface area contributed by atoms with Gasteiger partial charge in [-0.3, -0.25) is 9.69 Å². The van der Waals surface area contributed by atoms with Crippen LogP contribution in [0.25, 0.3) is 0 Å². The summed E-state index contributed by atoms with van der Waals surface area (Å²) in [5.74, 6) is -0.609. The predicted octanol–water partition coefficient (Wildman–Crippen LogP) is 2.62. The van der Waals surface area contributed by atoms with Gasteiger partial charge in [-0.1, -0.05) is 3.89 Å². The molecule has 1 aliphatic rings. The summed E-state index contributed by atoms with van der Waals surface area (Å²) in [6.07, 6.45) is 0.636. The van der Waals surface area contributed by atoms with Crippen LogP contribution >= 0.6 is 0 Å². The first-order valence-electron chi connectivity index (χ1n) is 7.99. The summed E-state index contributed by atoms with van der Waals surface area (Å²) < 4.78 is 42.7. The zero-order chi connectivity index (χ0) is 19.5. The Morgan fingerprint density at radius 1 is 1.23 bits per heavy atom. The smallest absolute Gasteiger partial charge is 0.444 e. The van der Waals surface area contributed by atoms with Gasteiger partial charge in [0, 0.05) is 12.2 Å². The quantitative estimate of drug-likeness (QED) is 0.796. The molecule has 1 aromatic carbocycles. The number of hydrogen-bond donors (Lipinski definition) is 1. The van der Waals surface area contributed by atoms with Crippen LogP contribution in [0.15, 0.2) is 24.3 Å². The summed E-state index contributed by atoms with van der Waals surface area (Å²) in [5.41, 5.74) is -0.303. The van der Waals surface area contributed by atoms with E-state index in [1.807, 2.05) is 0 Å². The summed E-state index contributed by atoms with van der Waals surface area (Å²) in [7, 11) is -5.10. The highest BCUT2D eigenvalue weighted by atomic mass is 32.3. The van der Waals surface area contributed by atoms with Gasteiger partial charge >= 0.3 is 16.6 Å². The van der Waals surface area contributed by atoms with Gasteiger partial charge in [0.15, 0.2) is 0 Å². The largest absolute Gasteiger partial charge is 0.488 e. The molecule has 1 heterocycles. The van der Waals surface area contributed by atoms with Crippen LogP contribution in [-0.2, 0) is 20.0 Å². The minimum absolute atomic E-state index is 0.221. The third-order valence-electron chi connectivity index (χ3n) is 3.50. The van der Waals surface area contributed by atoms with Crippen molar-refractivity contribution in [1.82, 2.24) is 4.90 Å². The maximum absolute atomic E-state index is 12.5. The number of ether oxygens (including phenoxy) is 1. The maximum atomic E-state index is 12.5. The molecular formula is C16H21FN2O6S. The molecule has 0 bridgehead atoms. The van der Waals surface area contributed by atoms with E-state index in [1.54, 1.807) is 20.8 Å². The first-order chi connectivity index (χ1) is 11.9. The van der Waals surface area contributed by atoms with Crippen molar-refractivity contribution in [1.29, 1.82) is 0 Å². The van der Waals surface area contributed by atoms with Gasteiger partial charge in [0.05, 0.1) is 0 Å². The standard InChI is InChI=1S/C16H21FN2O6S/c1-16(2,3)24-15(21)19-10-4-5-13(19)14(20)18-11-6-8-12(9-7-11)25-26(17,22)23/h6-9,13H,4-5,10H2,1-3H3,(H,18,20)/t13-/m0/s1. The Bertz CT molecular complexity index is 773. The molecule has 1 atom stereocenters. The van der Waals surface area contributed by atoms with E-state index in [9.17, 15) is 21.9 Å². The fourth-order valence-electron chi connectivity index (χ4n) is 2.51. The third-order valence-corrected chi connectivity index (χ3v) is 3.89. The first-order valence-corrected chi connectivity index (χ1v) is 9.30. The van der Waals surface area contributed by atoms with E-state index >= 15 is 0 Å². The number of benzene rings is 1. The highest BCUT2D eigenvalue weighted by Gasteiger charge is 2.36. The average molecular weight is 388 g/mol. The number of carbonyl (C=O) groups is 2.